The van der Waals surface area contributed by atoms with E-state index < -0.39 is 10.0 Å². The molecule has 3 aromatic rings. The van der Waals surface area contributed by atoms with Gasteiger partial charge in [0.05, 0.1) is 10.6 Å². The van der Waals surface area contributed by atoms with Crippen LogP contribution in [0.5, 0.6) is 0 Å². The van der Waals surface area contributed by atoms with E-state index in [2.05, 4.69) is 42.3 Å². The summed E-state index contributed by atoms with van der Waals surface area (Å²) in [5, 5.41) is 3.57. The van der Waals surface area contributed by atoms with Crippen LogP contribution < -0.4 is 4.90 Å². The Morgan fingerprint density at radius 1 is 0.933 bits per heavy atom. The summed E-state index contributed by atoms with van der Waals surface area (Å²) in [7, 11) is -3.64. The van der Waals surface area contributed by atoms with Gasteiger partial charge in [-0.05, 0) is 49.2 Å². The van der Waals surface area contributed by atoms with Gasteiger partial charge in [-0.1, -0.05) is 35.3 Å². The van der Waals surface area contributed by atoms with Gasteiger partial charge in [0.25, 0.3) is 0 Å². The van der Waals surface area contributed by atoms with Crippen molar-refractivity contribution >= 4 is 49.7 Å². The molecular formula is C21H21Cl2N3O2S2. The second-order valence-corrected chi connectivity index (χ2v) is 11.0. The first-order valence-electron chi connectivity index (χ1n) is 9.48. The molecule has 2 aromatic carbocycles. The van der Waals surface area contributed by atoms with Crippen molar-refractivity contribution in [3.63, 3.8) is 0 Å². The zero-order valence-corrected chi connectivity index (χ0v) is 19.7. The fourth-order valence-corrected chi connectivity index (χ4v) is 6.43. The monoisotopic (exact) mass is 481 g/mol. The molecule has 1 saturated heterocycles. The summed E-state index contributed by atoms with van der Waals surface area (Å²) in [6, 6.07) is 10.7. The van der Waals surface area contributed by atoms with Crippen molar-refractivity contribution in [3.05, 3.63) is 63.0 Å². The summed E-state index contributed by atoms with van der Waals surface area (Å²) in [6.07, 6.45) is 0. The van der Waals surface area contributed by atoms with E-state index in [-0.39, 0.29) is 4.90 Å². The number of nitrogens with zero attached hydrogens (tertiary/aromatic N) is 3. The molecule has 1 aliphatic rings. The Hall–Kier alpha value is -1.64. The number of halogens is 2. The normalized spacial score (nSPS) is 15.5. The van der Waals surface area contributed by atoms with E-state index in [0.29, 0.717) is 36.2 Å². The molecule has 0 N–H and O–H groups in total. The molecule has 1 aliphatic heterocycles. The molecule has 30 heavy (non-hydrogen) atoms. The first-order valence-corrected chi connectivity index (χ1v) is 12.6. The van der Waals surface area contributed by atoms with Crippen LogP contribution >= 0.6 is 34.5 Å². The first kappa shape index (κ1) is 21.6. The Morgan fingerprint density at radius 2 is 1.60 bits per heavy atom. The molecule has 0 saturated carbocycles. The van der Waals surface area contributed by atoms with E-state index in [1.165, 1.54) is 33.6 Å². The molecule has 1 fully saturated rings. The average molecular weight is 482 g/mol. The Bertz CT molecular complexity index is 1170. The number of rotatable bonds is 4. The topological polar surface area (TPSA) is 53.5 Å². The number of hydrogen-bond donors (Lipinski definition) is 0. The number of aryl methyl sites for hydroxylation is 2. The molecule has 0 amide bonds. The fraction of sp³-hybridized carbons (Fsp3) is 0.286. The second kappa shape index (κ2) is 8.48. The van der Waals surface area contributed by atoms with Crippen molar-refractivity contribution in [1.29, 1.82) is 0 Å². The van der Waals surface area contributed by atoms with Crippen LogP contribution in [-0.4, -0.2) is 43.9 Å². The highest BCUT2D eigenvalue weighted by atomic mass is 35.5. The van der Waals surface area contributed by atoms with Crippen LogP contribution in [0, 0.1) is 13.8 Å². The van der Waals surface area contributed by atoms with E-state index in [1.54, 1.807) is 11.3 Å². The van der Waals surface area contributed by atoms with Crippen LogP contribution in [0.3, 0.4) is 0 Å². The van der Waals surface area contributed by atoms with Crippen LogP contribution in [-0.2, 0) is 10.0 Å². The van der Waals surface area contributed by atoms with Gasteiger partial charge in [-0.2, -0.15) is 4.31 Å². The lowest BCUT2D eigenvalue weighted by molar-refractivity contribution is 0.385. The van der Waals surface area contributed by atoms with Gasteiger partial charge < -0.3 is 4.90 Å². The van der Waals surface area contributed by atoms with Crippen molar-refractivity contribution in [3.8, 4) is 11.3 Å². The van der Waals surface area contributed by atoms with Crippen LogP contribution in [0.25, 0.3) is 11.3 Å². The van der Waals surface area contributed by atoms with Crippen LogP contribution in [0.4, 0.5) is 5.13 Å². The highest BCUT2D eigenvalue weighted by Crippen LogP contribution is 2.30. The Morgan fingerprint density at radius 3 is 2.23 bits per heavy atom. The fourth-order valence-electron chi connectivity index (χ4n) is 3.39. The second-order valence-electron chi connectivity index (χ2n) is 7.31. The highest BCUT2D eigenvalue weighted by molar-refractivity contribution is 7.89. The van der Waals surface area contributed by atoms with Crippen LogP contribution in [0.1, 0.15) is 11.1 Å². The van der Waals surface area contributed by atoms with Crippen LogP contribution in [0.15, 0.2) is 46.7 Å². The number of benzene rings is 2. The van der Waals surface area contributed by atoms with Gasteiger partial charge in [0.15, 0.2) is 5.13 Å². The summed E-state index contributed by atoms with van der Waals surface area (Å²) in [6.45, 7) is 6.10. The molecule has 5 nitrogen and oxygen atoms in total. The zero-order chi connectivity index (χ0) is 21.5. The van der Waals surface area contributed by atoms with Crippen molar-refractivity contribution < 1.29 is 8.42 Å². The number of hydrogen-bond acceptors (Lipinski definition) is 5. The maximum absolute atomic E-state index is 13.0. The lowest BCUT2D eigenvalue weighted by Gasteiger charge is -2.33. The third-order valence-corrected chi connectivity index (χ3v) is 8.49. The highest BCUT2D eigenvalue weighted by Gasteiger charge is 2.30. The predicted octanol–water partition coefficient (Wildman–Crippen LogP) is 5.24. The number of sulfonamides is 1. The minimum absolute atomic E-state index is 0.125. The molecule has 0 bridgehead atoms. The minimum Gasteiger partial charge on any atom is -0.345 e. The molecule has 0 aliphatic carbocycles. The third-order valence-electron chi connectivity index (χ3n) is 5.28. The standard InChI is InChI=1S/C21H21Cl2N3O2S2/c1-14-3-4-16(9-15(14)2)20-13-29-21(24-20)25-5-7-26(8-6-25)30(27,28)19-11-17(22)10-18(23)12-19/h3-4,9-13H,5-8H2,1-2H3. The predicted molar refractivity (Wildman–Crippen MR) is 124 cm³/mol. The number of aromatic nitrogens is 1. The van der Waals surface area contributed by atoms with E-state index in [4.69, 9.17) is 28.2 Å². The Balaban J connectivity index is 1.47. The largest absolute Gasteiger partial charge is 0.345 e. The van der Waals surface area contributed by atoms with Gasteiger partial charge in [-0.3, -0.25) is 0 Å². The molecule has 1 aromatic heterocycles. The lowest BCUT2D eigenvalue weighted by atomic mass is 10.1. The van der Waals surface area contributed by atoms with E-state index in [0.717, 1.165) is 16.4 Å². The summed E-state index contributed by atoms with van der Waals surface area (Å²) < 4.78 is 27.4. The van der Waals surface area contributed by atoms with Gasteiger partial charge in [0, 0.05) is 47.2 Å². The molecule has 0 radical (unpaired) electrons. The molecule has 9 heteroatoms. The van der Waals surface area contributed by atoms with Gasteiger partial charge in [-0.15, -0.1) is 11.3 Å². The average Bonchev–Trinajstić information content (AvgIpc) is 3.20. The minimum atomic E-state index is -3.64. The van der Waals surface area contributed by atoms with Crippen LogP contribution in [0.2, 0.25) is 10.0 Å². The summed E-state index contributed by atoms with van der Waals surface area (Å²) in [4.78, 5) is 7.04. The SMILES string of the molecule is Cc1ccc(-c2csc(N3CCN(S(=O)(=O)c4cc(Cl)cc(Cl)c4)CC3)n2)cc1C. The molecule has 0 spiro atoms. The summed E-state index contributed by atoms with van der Waals surface area (Å²) >= 11 is 13.6. The van der Waals surface area contributed by atoms with Crippen molar-refractivity contribution in [2.75, 3.05) is 31.1 Å². The van der Waals surface area contributed by atoms with Gasteiger partial charge >= 0.3 is 0 Å². The van der Waals surface area contributed by atoms with E-state index in [1.807, 2.05) is 0 Å². The van der Waals surface area contributed by atoms with E-state index >= 15 is 0 Å². The number of piperazine rings is 1. The summed E-state index contributed by atoms with van der Waals surface area (Å²) in [5.74, 6) is 0. The van der Waals surface area contributed by atoms with Gasteiger partial charge in [-0.25, -0.2) is 13.4 Å². The molecule has 0 unspecified atom stereocenters. The molecule has 4 rings (SSSR count). The summed E-state index contributed by atoms with van der Waals surface area (Å²) in [5.41, 5.74) is 4.54. The van der Waals surface area contributed by atoms with Gasteiger partial charge in [0.2, 0.25) is 10.0 Å². The van der Waals surface area contributed by atoms with Crippen molar-refractivity contribution in [2.24, 2.45) is 0 Å². The zero-order valence-electron chi connectivity index (χ0n) is 16.6. The smallest absolute Gasteiger partial charge is 0.243 e. The van der Waals surface area contributed by atoms with E-state index in [9.17, 15) is 8.42 Å². The third kappa shape index (κ3) is 4.36. The molecular weight excluding hydrogens is 461 g/mol. The maximum atomic E-state index is 13.0. The lowest BCUT2D eigenvalue weighted by Crippen LogP contribution is -2.48. The van der Waals surface area contributed by atoms with Crippen molar-refractivity contribution in [2.45, 2.75) is 18.7 Å². The molecule has 158 valence electrons. The quantitative estimate of drug-likeness (QED) is 0.510. The van der Waals surface area contributed by atoms with Crippen molar-refractivity contribution in [1.82, 2.24) is 9.29 Å². The molecule has 0 atom stereocenters. The number of thiazole rings is 1. The Kier molecular flexibility index (Phi) is 6.10. The first-order chi connectivity index (χ1) is 14.2. The molecule has 2 heterocycles. The van der Waals surface area contributed by atoms with Gasteiger partial charge in [0.1, 0.15) is 0 Å². The maximum Gasteiger partial charge on any atom is 0.243 e. The Labute approximate surface area is 190 Å². The number of anilines is 1.